The highest BCUT2D eigenvalue weighted by molar-refractivity contribution is 5.65. The monoisotopic (exact) mass is 452 g/mol. The zero-order valence-corrected chi connectivity index (χ0v) is 21.4. The molecule has 5 heteroatoms. The number of ether oxygens (including phenoxy) is 4. The lowest BCUT2D eigenvalue weighted by molar-refractivity contribution is -0.142. The van der Waals surface area contributed by atoms with E-state index in [1.165, 1.54) is 63.9 Å². The summed E-state index contributed by atoms with van der Waals surface area (Å²) in [6.07, 6.45) is 17.7. The zero-order chi connectivity index (χ0) is 23.9. The van der Waals surface area contributed by atoms with Crippen LogP contribution in [-0.2, 0) is 23.7 Å². The van der Waals surface area contributed by atoms with Crippen molar-refractivity contribution in [1.82, 2.24) is 0 Å². The van der Waals surface area contributed by atoms with Gasteiger partial charge < -0.3 is 18.9 Å². The molecule has 0 amide bonds. The molecule has 1 aliphatic rings. The predicted molar refractivity (Wildman–Crippen MR) is 133 cm³/mol. The second-order valence-electron chi connectivity index (χ2n) is 8.28. The van der Waals surface area contributed by atoms with Gasteiger partial charge in [-0.25, -0.2) is 0 Å². The average molecular weight is 453 g/mol. The van der Waals surface area contributed by atoms with Crippen molar-refractivity contribution in [2.45, 2.75) is 86.0 Å². The standard InChI is InChI=1S/C17H28.C10H20O5/c1-15(2)9-7-10-16(3)11-8-14-17-12-5-4-6-13-17;1-3-12-4-5-13-6-7-14-8-9-15-10(2)11/h9,11-12H,4-8,10,13-14H2,1-3H3;3-9H2,1-2H3/b16-11+;. The van der Waals surface area contributed by atoms with Crippen molar-refractivity contribution < 1.29 is 23.7 Å². The summed E-state index contributed by atoms with van der Waals surface area (Å²) >= 11 is 0. The first-order valence-electron chi connectivity index (χ1n) is 12.3. The smallest absolute Gasteiger partial charge is 0.302 e. The van der Waals surface area contributed by atoms with Crippen LogP contribution in [-0.4, -0.2) is 52.2 Å². The summed E-state index contributed by atoms with van der Waals surface area (Å²) in [7, 11) is 0. The molecule has 0 saturated carbocycles. The van der Waals surface area contributed by atoms with Crippen LogP contribution in [0.25, 0.3) is 0 Å². The molecule has 0 saturated heterocycles. The Morgan fingerprint density at radius 3 is 2.09 bits per heavy atom. The van der Waals surface area contributed by atoms with Crippen molar-refractivity contribution in [1.29, 1.82) is 0 Å². The van der Waals surface area contributed by atoms with Gasteiger partial charge in [-0.05, 0) is 79.1 Å². The highest BCUT2D eigenvalue weighted by Gasteiger charge is 2.02. The predicted octanol–water partition coefficient (Wildman–Crippen LogP) is 6.58. The van der Waals surface area contributed by atoms with Crippen LogP contribution in [0.15, 0.2) is 34.9 Å². The molecular formula is C27H48O5. The molecule has 1 rings (SSSR count). The molecule has 0 heterocycles. The Morgan fingerprint density at radius 1 is 0.875 bits per heavy atom. The van der Waals surface area contributed by atoms with Gasteiger partial charge in [0.2, 0.25) is 0 Å². The molecule has 0 spiro atoms. The van der Waals surface area contributed by atoms with Crippen LogP contribution < -0.4 is 0 Å². The van der Waals surface area contributed by atoms with E-state index in [9.17, 15) is 4.79 Å². The summed E-state index contributed by atoms with van der Waals surface area (Å²) < 4.78 is 20.1. The topological polar surface area (TPSA) is 54.0 Å². The number of carbonyl (C=O) groups excluding carboxylic acids is 1. The molecule has 0 aromatic rings. The lowest BCUT2D eigenvalue weighted by Crippen LogP contribution is -2.12. The minimum absolute atomic E-state index is 0.286. The van der Waals surface area contributed by atoms with Gasteiger partial charge in [-0.15, -0.1) is 0 Å². The van der Waals surface area contributed by atoms with E-state index in [1.807, 2.05) is 6.92 Å². The van der Waals surface area contributed by atoms with Crippen molar-refractivity contribution in [3.05, 3.63) is 34.9 Å². The van der Waals surface area contributed by atoms with E-state index in [0.29, 0.717) is 46.2 Å². The van der Waals surface area contributed by atoms with E-state index in [1.54, 1.807) is 11.1 Å². The molecule has 186 valence electrons. The van der Waals surface area contributed by atoms with E-state index in [4.69, 9.17) is 14.2 Å². The molecule has 0 atom stereocenters. The molecular weight excluding hydrogens is 404 g/mol. The van der Waals surface area contributed by atoms with Gasteiger partial charge in [-0.3, -0.25) is 4.79 Å². The summed E-state index contributed by atoms with van der Waals surface area (Å²) in [6.45, 7) is 13.6. The fourth-order valence-electron chi connectivity index (χ4n) is 3.15. The molecule has 1 aliphatic carbocycles. The number of esters is 1. The van der Waals surface area contributed by atoms with Gasteiger partial charge in [0, 0.05) is 13.5 Å². The summed E-state index contributed by atoms with van der Waals surface area (Å²) in [5.74, 6) is -0.286. The quantitative estimate of drug-likeness (QED) is 0.150. The molecule has 0 bridgehead atoms. The maximum absolute atomic E-state index is 10.4. The first-order chi connectivity index (χ1) is 15.5. The molecule has 0 fully saturated rings. The van der Waals surface area contributed by atoms with E-state index in [0.717, 1.165) is 0 Å². The van der Waals surface area contributed by atoms with E-state index in [2.05, 4.69) is 43.7 Å². The van der Waals surface area contributed by atoms with Crippen LogP contribution in [0.5, 0.6) is 0 Å². The molecule has 32 heavy (non-hydrogen) atoms. The zero-order valence-electron chi connectivity index (χ0n) is 21.4. The molecule has 5 nitrogen and oxygen atoms in total. The van der Waals surface area contributed by atoms with Crippen molar-refractivity contribution in [3.63, 3.8) is 0 Å². The van der Waals surface area contributed by atoms with Gasteiger partial charge in [0.25, 0.3) is 0 Å². The first-order valence-corrected chi connectivity index (χ1v) is 12.3. The summed E-state index contributed by atoms with van der Waals surface area (Å²) in [4.78, 5) is 10.4. The Hall–Kier alpha value is -1.43. The van der Waals surface area contributed by atoms with Crippen LogP contribution >= 0.6 is 0 Å². The van der Waals surface area contributed by atoms with Crippen LogP contribution in [0, 0.1) is 0 Å². The number of rotatable bonds is 16. The maximum atomic E-state index is 10.4. The normalized spacial score (nSPS) is 13.7. The van der Waals surface area contributed by atoms with Crippen molar-refractivity contribution in [2.75, 3.05) is 46.2 Å². The van der Waals surface area contributed by atoms with Crippen LogP contribution in [0.4, 0.5) is 0 Å². The second-order valence-corrected chi connectivity index (χ2v) is 8.28. The third kappa shape index (κ3) is 23.2. The summed E-state index contributed by atoms with van der Waals surface area (Å²) in [5, 5.41) is 0. The van der Waals surface area contributed by atoms with Crippen LogP contribution in [0.1, 0.15) is 86.0 Å². The Labute approximate surface area is 197 Å². The summed E-state index contributed by atoms with van der Waals surface area (Å²) in [6, 6.07) is 0. The maximum Gasteiger partial charge on any atom is 0.302 e. The van der Waals surface area contributed by atoms with Crippen molar-refractivity contribution >= 4 is 5.97 Å². The Morgan fingerprint density at radius 2 is 1.53 bits per heavy atom. The fourth-order valence-corrected chi connectivity index (χ4v) is 3.15. The molecule has 0 aromatic heterocycles. The van der Waals surface area contributed by atoms with E-state index in [-0.39, 0.29) is 5.97 Å². The lowest BCUT2D eigenvalue weighted by atomic mass is 9.95. The Balaban J connectivity index is 0.000000607. The fraction of sp³-hybridized carbons (Fsp3) is 0.741. The number of allylic oxidation sites excluding steroid dienone is 6. The van der Waals surface area contributed by atoms with Gasteiger partial charge in [0.05, 0.1) is 33.0 Å². The Bertz CT molecular complexity index is 544. The van der Waals surface area contributed by atoms with Crippen molar-refractivity contribution in [3.8, 4) is 0 Å². The molecule has 0 N–H and O–H groups in total. The van der Waals surface area contributed by atoms with Gasteiger partial charge in [0.1, 0.15) is 6.61 Å². The average Bonchev–Trinajstić information content (AvgIpc) is 2.76. The van der Waals surface area contributed by atoms with E-state index >= 15 is 0 Å². The molecule has 0 radical (unpaired) electrons. The van der Waals surface area contributed by atoms with Gasteiger partial charge in [-0.1, -0.05) is 34.9 Å². The molecule has 0 unspecified atom stereocenters. The molecule has 0 aromatic carbocycles. The highest BCUT2D eigenvalue weighted by atomic mass is 16.6. The highest BCUT2D eigenvalue weighted by Crippen LogP contribution is 2.22. The molecule has 0 aliphatic heterocycles. The Kier molecular flexibility index (Phi) is 21.7. The van der Waals surface area contributed by atoms with Crippen molar-refractivity contribution in [2.24, 2.45) is 0 Å². The third-order valence-electron chi connectivity index (χ3n) is 4.92. The van der Waals surface area contributed by atoms with Crippen LogP contribution in [0.2, 0.25) is 0 Å². The second kappa shape index (κ2) is 22.8. The van der Waals surface area contributed by atoms with Gasteiger partial charge in [0.15, 0.2) is 0 Å². The van der Waals surface area contributed by atoms with Gasteiger partial charge in [-0.2, -0.15) is 0 Å². The minimum atomic E-state index is -0.286. The third-order valence-corrected chi connectivity index (χ3v) is 4.92. The summed E-state index contributed by atoms with van der Waals surface area (Å²) in [5.41, 5.74) is 4.69. The van der Waals surface area contributed by atoms with E-state index < -0.39 is 0 Å². The largest absolute Gasteiger partial charge is 0.463 e. The first kappa shape index (κ1) is 30.6. The number of hydrogen-bond acceptors (Lipinski definition) is 5. The number of carbonyl (C=O) groups is 1. The van der Waals surface area contributed by atoms with Crippen LogP contribution in [0.3, 0.4) is 0 Å². The SMILES string of the molecule is CC(C)=CCC/C(C)=C/CCC1=CCCCC1.CCOCCOCCOCCOC(C)=O. The lowest BCUT2D eigenvalue weighted by Gasteiger charge is -2.11. The van der Waals surface area contributed by atoms with Gasteiger partial charge >= 0.3 is 5.97 Å². The number of hydrogen-bond donors (Lipinski definition) is 0. The minimum Gasteiger partial charge on any atom is -0.463 e.